The fraction of sp³-hybridized carbons (Fsp3) is 0.762. The number of unbranched alkanes of at least 4 members (excludes halogenated alkanes) is 4. The smallest absolute Gasteiger partial charge is 0.303 e. The summed E-state index contributed by atoms with van der Waals surface area (Å²) in [5.74, 6) is 0.687. The number of carboxylic acid groups (broad SMARTS) is 1. The predicted molar refractivity (Wildman–Crippen MR) is 99.4 cm³/mol. The molecular weight excluding hydrogens is 316 g/mol. The second kappa shape index (κ2) is 11.3. The van der Waals surface area contributed by atoms with Gasteiger partial charge in [-0.25, -0.2) is 0 Å². The Kier molecular flexibility index (Phi) is 9.09. The van der Waals surface area contributed by atoms with Crippen molar-refractivity contribution < 1.29 is 19.4 Å². The molecule has 142 valence electrons. The molecule has 0 aliphatic carbocycles. The summed E-state index contributed by atoms with van der Waals surface area (Å²) in [6.45, 7) is 0. The normalized spacial score (nSPS) is 28.4. The van der Waals surface area contributed by atoms with Gasteiger partial charge in [-0.2, -0.15) is 0 Å². The molecule has 4 nitrogen and oxygen atoms in total. The third-order valence-electron chi connectivity index (χ3n) is 5.57. The topological polar surface area (TPSA) is 55.8 Å². The van der Waals surface area contributed by atoms with Crippen molar-refractivity contribution in [1.29, 1.82) is 0 Å². The summed E-state index contributed by atoms with van der Waals surface area (Å²) in [4.78, 5) is 10.5. The highest BCUT2D eigenvalue weighted by molar-refractivity contribution is 5.66. The second-order valence-electron chi connectivity index (χ2n) is 7.36. The molecule has 2 heterocycles. The molecule has 1 N–H and O–H groups in total. The van der Waals surface area contributed by atoms with Crippen LogP contribution < -0.4 is 0 Å². The molecule has 0 spiro atoms. The highest BCUT2D eigenvalue weighted by Crippen LogP contribution is 2.47. The largest absolute Gasteiger partial charge is 0.505 e. The molecule has 0 unspecified atom stereocenters. The number of hydrogen-bond acceptors (Lipinski definition) is 3. The molecule has 0 radical (unpaired) electrons. The third-order valence-corrected chi connectivity index (χ3v) is 5.57. The second-order valence-corrected chi connectivity index (χ2v) is 7.36. The lowest BCUT2D eigenvalue weighted by atomic mass is 9.75. The molecule has 0 aromatic carbocycles. The molecule has 25 heavy (non-hydrogen) atoms. The Morgan fingerprint density at radius 2 is 1.80 bits per heavy atom. The fourth-order valence-corrected chi connectivity index (χ4v) is 4.32. The average Bonchev–Trinajstić information content (AvgIpc) is 3.19. The number of allylic oxidation sites excluding steroid dienone is 3. The van der Waals surface area contributed by atoms with Gasteiger partial charge in [0.1, 0.15) is 0 Å². The van der Waals surface area contributed by atoms with Gasteiger partial charge in [0.15, 0.2) is 0 Å². The third kappa shape index (κ3) is 6.85. The van der Waals surface area contributed by atoms with Crippen molar-refractivity contribution in [3.05, 3.63) is 24.5 Å². The van der Waals surface area contributed by atoms with E-state index < -0.39 is 5.97 Å². The van der Waals surface area contributed by atoms with Gasteiger partial charge in [-0.05, 0) is 69.3 Å². The van der Waals surface area contributed by atoms with Crippen LogP contribution in [0.15, 0.2) is 24.5 Å². The van der Waals surface area contributed by atoms with Gasteiger partial charge in [0.05, 0.1) is 25.6 Å². The predicted octanol–water partition coefficient (Wildman–Crippen LogP) is 5.09. The van der Waals surface area contributed by atoms with Crippen LogP contribution in [-0.4, -0.2) is 30.4 Å². The van der Waals surface area contributed by atoms with Gasteiger partial charge in [0.25, 0.3) is 0 Å². The van der Waals surface area contributed by atoms with Gasteiger partial charge in [-0.3, -0.25) is 4.79 Å². The molecule has 2 fully saturated rings. The molecule has 0 amide bonds. The molecule has 2 bridgehead atoms. The lowest BCUT2D eigenvalue weighted by molar-refractivity contribution is -0.137. The van der Waals surface area contributed by atoms with Crippen LogP contribution in [0.2, 0.25) is 0 Å². The van der Waals surface area contributed by atoms with Gasteiger partial charge in [0, 0.05) is 6.42 Å². The van der Waals surface area contributed by atoms with Gasteiger partial charge in [0.2, 0.25) is 0 Å². The lowest BCUT2D eigenvalue weighted by Crippen LogP contribution is -2.26. The molecule has 2 aliphatic heterocycles. The van der Waals surface area contributed by atoms with Crippen LogP contribution >= 0.6 is 0 Å². The summed E-state index contributed by atoms with van der Waals surface area (Å²) in [5.41, 5.74) is 0. The minimum atomic E-state index is -0.701. The Hall–Kier alpha value is -1.29. The Bertz CT molecular complexity index is 443. The molecule has 2 saturated heterocycles. The molecule has 2 rings (SSSR count). The molecule has 4 atom stereocenters. The SMILES string of the molecule is COC=CCCCCC[C@@H]1[C@H](CC=CCCCC(=O)O)[C@@H]2CC[C@H]1O2. The molecular formula is C21H34O4. The zero-order valence-electron chi connectivity index (χ0n) is 15.6. The van der Waals surface area contributed by atoms with Crippen LogP contribution in [0.3, 0.4) is 0 Å². The summed E-state index contributed by atoms with van der Waals surface area (Å²) in [7, 11) is 1.69. The summed E-state index contributed by atoms with van der Waals surface area (Å²) in [6, 6.07) is 0. The van der Waals surface area contributed by atoms with E-state index in [1.807, 2.05) is 0 Å². The van der Waals surface area contributed by atoms with Crippen molar-refractivity contribution in [2.24, 2.45) is 11.8 Å². The van der Waals surface area contributed by atoms with Gasteiger partial charge >= 0.3 is 5.97 Å². The van der Waals surface area contributed by atoms with Crippen molar-refractivity contribution in [2.75, 3.05) is 7.11 Å². The van der Waals surface area contributed by atoms with Gasteiger partial charge < -0.3 is 14.6 Å². The number of aliphatic carboxylic acids is 1. The number of rotatable bonds is 13. The van der Waals surface area contributed by atoms with E-state index in [0.29, 0.717) is 18.1 Å². The number of carbonyl (C=O) groups is 1. The van der Waals surface area contributed by atoms with Crippen molar-refractivity contribution in [1.82, 2.24) is 0 Å². The summed E-state index contributed by atoms with van der Waals surface area (Å²) in [6.07, 6.45) is 20.8. The molecule has 0 aromatic heterocycles. The summed E-state index contributed by atoms with van der Waals surface area (Å²) >= 11 is 0. The van der Waals surface area contributed by atoms with Gasteiger partial charge in [-0.15, -0.1) is 0 Å². The minimum absolute atomic E-state index is 0.268. The maximum atomic E-state index is 10.5. The molecule has 4 heteroatoms. The number of ether oxygens (including phenoxy) is 2. The van der Waals surface area contributed by atoms with Crippen molar-refractivity contribution in [3.63, 3.8) is 0 Å². The van der Waals surface area contributed by atoms with E-state index in [1.165, 1.54) is 38.5 Å². The fourth-order valence-electron chi connectivity index (χ4n) is 4.32. The van der Waals surface area contributed by atoms with Crippen LogP contribution in [-0.2, 0) is 14.3 Å². The first-order valence-electron chi connectivity index (χ1n) is 9.92. The molecule has 0 saturated carbocycles. The Balaban J connectivity index is 1.65. The average molecular weight is 350 g/mol. The number of carboxylic acids is 1. The maximum Gasteiger partial charge on any atom is 0.303 e. The highest BCUT2D eigenvalue weighted by atomic mass is 16.5. The van der Waals surface area contributed by atoms with E-state index in [9.17, 15) is 4.79 Å². The van der Waals surface area contributed by atoms with Crippen LogP contribution in [0, 0.1) is 11.8 Å². The monoisotopic (exact) mass is 350 g/mol. The Morgan fingerprint density at radius 1 is 1.04 bits per heavy atom. The maximum absolute atomic E-state index is 10.5. The van der Waals surface area contributed by atoms with Gasteiger partial charge in [-0.1, -0.05) is 25.0 Å². The first-order chi connectivity index (χ1) is 12.2. The van der Waals surface area contributed by atoms with Crippen molar-refractivity contribution in [3.8, 4) is 0 Å². The van der Waals surface area contributed by atoms with Crippen LogP contribution in [0.25, 0.3) is 0 Å². The number of hydrogen-bond donors (Lipinski definition) is 1. The van der Waals surface area contributed by atoms with E-state index in [0.717, 1.165) is 31.6 Å². The quantitative estimate of drug-likeness (QED) is 0.285. The minimum Gasteiger partial charge on any atom is -0.505 e. The molecule has 2 aliphatic rings. The highest BCUT2D eigenvalue weighted by Gasteiger charge is 2.47. The standard InChI is InChI=1S/C21H34O4/c1-24-16-10-6-2-3-7-11-17-18(20-15-14-19(17)25-20)12-8-4-5-9-13-21(22)23/h4,8,10,16-20H,2-3,5-7,9,11-15H2,1H3,(H,22,23)/t17-,18+,19-,20+/m1/s1. The van der Waals surface area contributed by atoms with Crippen LogP contribution in [0.5, 0.6) is 0 Å². The van der Waals surface area contributed by atoms with E-state index in [-0.39, 0.29) is 6.42 Å². The zero-order chi connectivity index (χ0) is 17.9. The lowest BCUT2D eigenvalue weighted by Gasteiger charge is -2.27. The zero-order valence-corrected chi connectivity index (χ0v) is 15.6. The first kappa shape index (κ1) is 20.0. The number of methoxy groups -OCH3 is 1. The Labute approximate surface area is 152 Å². The number of fused-ring (bicyclic) bond motifs is 2. The van der Waals surface area contributed by atoms with E-state index in [2.05, 4.69) is 18.2 Å². The Morgan fingerprint density at radius 3 is 2.56 bits per heavy atom. The van der Waals surface area contributed by atoms with E-state index in [4.69, 9.17) is 14.6 Å². The van der Waals surface area contributed by atoms with E-state index in [1.54, 1.807) is 13.4 Å². The summed E-state index contributed by atoms with van der Waals surface area (Å²) < 4.78 is 11.1. The molecule has 0 aromatic rings. The van der Waals surface area contributed by atoms with Crippen LogP contribution in [0.4, 0.5) is 0 Å². The van der Waals surface area contributed by atoms with Crippen LogP contribution in [0.1, 0.15) is 70.6 Å². The first-order valence-corrected chi connectivity index (χ1v) is 9.92. The van der Waals surface area contributed by atoms with Crippen molar-refractivity contribution >= 4 is 5.97 Å². The van der Waals surface area contributed by atoms with Crippen molar-refractivity contribution in [2.45, 2.75) is 82.8 Å². The van der Waals surface area contributed by atoms with E-state index >= 15 is 0 Å². The summed E-state index contributed by atoms with van der Waals surface area (Å²) in [5, 5.41) is 8.66.